The van der Waals surface area contributed by atoms with Crippen molar-refractivity contribution in [3.05, 3.63) is 95.6 Å². The Morgan fingerprint density at radius 1 is 0.759 bits per heavy atom. The van der Waals surface area contributed by atoms with Gasteiger partial charge in [0.15, 0.2) is 11.9 Å². The first-order valence-electron chi connectivity index (χ1n) is 9.72. The third-order valence-electron chi connectivity index (χ3n) is 4.68. The number of benzene rings is 3. The average molecular weight is 387 g/mol. The highest BCUT2D eigenvalue weighted by Crippen LogP contribution is 2.24. The second-order valence-corrected chi connectivity index (χ2v) is 7.21. The summed E-state index contributed by atoms with van der Waals surface area (Å²) in [5.41, 5.74) is 3.09. The van der Waals surface area contributed by atoms with Gasteiger partial charge in [0, 0.05) is 16.8 Å². The lowest BCUT2D eigenvalue weighted by atomic mass is 10.0. The van der Waals surface area contributed by atoms with E-state index < -0.39 is 6.10 Å². The van der Waals surface area contributed by atoms with Crippen molar-refractivity contribution in [1.29, 1.82) is 0 Å². The van der Waals surface area contributed by atoms with Crippen LogP contribution in [0.2, 0.25) is 0 Å². The first kappa shape index (κ1) is 20.3. The van der Waals surface area contributed by atoms with Crippen LogP contribution in [-0.4, -0.2) is 17.8 Å². The van der Waals surface area contributed by atoms with Crippen LogP contribution in [0.4, 0.5) is 5.69 Å². The van der Waals surface area contributed by atoms with E-state index in [1.807, 2.05) is 42.5 Å². The minimum absolute atomic E-state index is 0.0479. The summed E-state index contributed by atoms with van der Waals surface area (Å²) < 4.78 is 5.77. The van der Waals surface area contributed by atoms with Crippen molar-refractivity contribution >= 4 is 17.4 Å². The Morgan fingerprint density at radius 2 is 1.34 bits per heavy atom. The molecule has 4 heteroatoms. The van der Waals surface area contributed by atoms with Gasteiger partial charge in [-0.2, -0.15) is 0 Å². The van der Waals surface area contributed by atoms with Crippen molar-refractivity contribution in [3.8, 4) is 5.75 Å². The normalized spacial score (nSPS) is 11.7. The molecule has 0 saturated carbocycles. The van der Waals surface area contributed by atoms with Gasteiger partial charge in [-0.15, -0.1) is 0 Å². The summed E-state index contributed by atoms with van der Waals surface area (Å²) in [6.07, 6.45) is -0.675. The van der Waals surface area contributed by atoms with Crippen LogP contribution in [0.1, 0.15) is 48.2 Å². The topological polar surface area (TPSA) is 55.4 Å². The second-order valence-electron chi connectivity index (χ2n) is 7.21. The quantitative estimate of drug-likeness (QED) is 0.549. The van der Waals surface area contributed by atoms with Crippen molar-refractivity contribution < 1.29 is 14.3 Å². The number of hydrogen-bond donors (Lipinski definition) is 1. The number of carbonyl (C=O) groups excluding carboxylic acids is 2. The van der Waals surface area contributed by atoms with Crippen LogP contribution >= 0.6 is 0 Å². The largest absolute Gasteiger partial charge is 0.481 e. The van der Waals surface area contributed by atoms with Crippen LogP contribution in [-0.2, 0) is 4.79 Å². The predicted molar refractivity (Wildman–Crippen MR) is 116 cm³/mol. The Balaban J connectivity index is 1.64. The Labute approximate surface area is 171 Å². The SMILES string of the molecule is CC(Oc1ccc(C(=O)c2ccccc2)cc1)C(=O)Nc1ccccc1C(C)C. The molecule has 1 unspecified atom stereocenters. The van der Waals surface area contributed by atoms with Crippen LogP contribution in [0.5, 0.6) is 5.75 Å². The molecule has 0 aliphatic rings. The number of hydrogen-bond acceptors (Lipinski definition) is 3. The highest BCUT2D eigenvalue weighted by Gasteiger charge is 2.17. The third kappa shape index (κ3) is 5.11. The van der Waals surface area contributed by atoms with Gasteiger partial charge >= 0.3 is 0 Å². The smallest absolute Gasteiger partial charge is 0.265 e. The molecule has 3 aromatic rings. The molecular weight excluding hydrogens is 362 g/mol. The number of para-hydroxylation sites is 1. The lowest BCUT2D eigenvalue weighted by Crippen LogP contribution is -2.30. The van der Waals surface area contributed by atoms with E-state index in [1.54, 1.807) is 43.3 Å². The van der Waals surface area contributed by atoms with Gasteiger partial charge in [0.05, 0.1) is 0 Å². The first-order valence-corrected chi connectivity index (χ1v) is 9.72. The number of nitrogens with one attached hydrogen (secondary N) is 1. The molecule has 1 atom stereocenters. The van der Waals surface area contributed by atoms with Gasteiger partial charge in [-0.1, -0.05) is 62.4 Å². The van der Waals surface area contributed by atoms with Gasteiger partial charge in [-0.05, 0) is 48.7 Å². The summed E-state index contributed by atoms with van der Waals surface area (Å²) in [6, 6.07) is 23.7. The van der Waals surface area contributed by atoms with E-state index in [9.17, 15) is 9.59 Å². The fourth-order valence-electron chi connectivity index (χ4n) is 3.05. The molecule has 0 aliphatic carbocycles. The van der Waals surface area contributed by atoms with Crippen molar-refractivity contribution in [2.24, 2.45) is 0 Å². The van der Waals surface area contributed by atoms with E-state index >= 15 is 0 Å². The van der Waals surface area contributed by atoms with E-state index in [1.165, 1.54) is 0 Å². The molecule has 1 N–H and O–H groups in total. The molecule has 0 fully saturated rings. The Hall–Kier alpha value is -3.40. The molecule has 4 nitrogen and oxygen atoms in total. The fourth-order valence-corrected chi connectivity index (χ4v) is 3.05. The summed E-state index contributed by atoms with van der Waals surface area (Å²) in [6.45, 7) is 5.88. The predicted octanol–water partition coefficient (Wildman–Crippen LogP) is 5.45. The molecule has 148 valence electrons. The number of ether oxygens (including phenoxy) is 1. The summed E-state index contributed by atoms with van der Waals surface area (Å²) in [4.78, 5) is 25.0. The molecule has 0 bridgehead atoms. The maximum Gasteiger partial charge on any atom is 0.265 e. The zero-order chi connectivity index (χ0) is 20.8. The number of amides is 1. The summed E-state index contributed by atoms with van der Waals surface area (Å²) in [7, 11) is 0. The van der Waals surface area contributed by atoms with Crippen LogP contribution in [0.3, 0.4) is 0 Å². The third-order valence-corrected chi connectivity index (χ3v) is 4.68. The van der Waals surface area contributed by atoms with E-state index in [2.05, 4.69) is 19.2 Å². The maximum atomic E-state index is 12.6. The van der Waals surface area contributed by atoms with Gasteiger partial charge < -0.3 is 10.1 Å². The van der Waals surface area contributed by atoms with E-state index in [0.717, 1.165) is 11.3 Å². The molecule has 0 radical (unpaired) electrons. The summed E-state index contributed by atoms with van der Waals surface area (Å²) >= 11 is 0. The molecular formula is C25H25NO3. The first-order chi connectivity index (χ1) is 14.0. The van der Waals surface area contributed by atoms with Crippen LogP contribution < -0.4 is 10.1 Å². The van der Waals surface area contributed by atoms with E-state index in [0.29, 0.717) is 22.8 Å². The van der Waals surface area contributed by atoms with Gasteiger partial charge in [0.1, 0.15) is 5.75 Å². The molecule has 29 heavy (non-hydrogen) atoms. The van der Waals surface area contributed by atoms with Gasteiger partial charge in [-0.3, -0.25) is 9.59 Å². The zero-order valence-electron chi connectivity index (χ0n) is 16.9. The Bertz CT molecular complexity index is 978. The maximum absolute atomic E-state index is 12.6. The minimum atomic E-state index is -0.675. The van der Waals surface area contributed by atoms with Crippen molar-refractivity contribution in [1.82, 2.24) is 0 Å². The standard InChI is InChI=1S/C25H25NO3/c1-17(2)22-11-7-8-12-23(22)26-25(28)18(3)29-21-15-13-20(14-16-21)24(27)19-9-5-4-6-10-19/h4-18H,1-3H3,(H,26,28). The molecule has 0 aromatic heterocycles. The lowest BCUT2D eigenvalue weighted by molar-refractivity contribution is -0.122. The fraction of sp³-hybridized carbons (Fsp3) is 0.200. The Morgan fingerprint density at radius 3 is 2.00 bits per heavy atom. The van der Waals surface area contributed by atoms with E-state index in [-0.39, 0.29) is 11.7 Å². The van der Waals surface area contributed by atoms with Crippen LogP contribution in [0.25, 0.3) is 0 Å². The van der Waals surface area contributed by atoms with E-state index in [4.69, 9.17) is 4.74 Å². The molecule has 3 aromatic carbocycles. The Kier molecular flexibility index (Phi) is 6.45. The monoisotopic (exact) mass is 387 g/mol. The second kappa shape index (κ2) is 9.20. The van der Waals surface area contributed by atoms with Crippen molar-refractivity contribution in [3.63, 3.8) is 0 Å². The summed E-state index contributed by atoms with van der Waals surface area (Å²) in [5, 5.41) is 2.94. The van der Waals surface area contributed by atoms with Gasteiger partial charge in [-0.25, -0.2) is 0 Å². The summed E-state index contributed by atoms with van der Waals surface area (Å²) in [5.74, 6) is 0.572. The number of carbonyl (C=O) groups is 2. The van der Waals surface area contributed by atoms with Crippen molar-refractivity contribution in [2.45, 2.75) is 32.8 Å². The average Bonchev–Trinajstić information content (AvgIpc) is 2.74. The zero-order valence-corrected chi connectivity index (χ0v) is 16.9. The van der Waals surface area contributed by atoms with Gasteiger partial charge in [0.25, 0.3) is 5.91 Å². The molecule has 0 heterocycles. The van der Waals surface area contributed by atoms with Crippen LogP contribution in [0, 0.1) is 0 Å². The minimum Gasteiger partial charge on any atom is -0.481 e. The number of rotatable bonds is 7. The number of anilines is 1. The molecule has 0 saturated heterocycles. The molecule has 0 spiro atoms. The van der Waals surface area contributed by atoms with Crippen LogP contribution in [0.15, 0.2) is 78.9 Å². The molecule has 0 aliphatic heterocycles. The highest BCUT2D eigenvalue weighted by molar-refractivity contribution is 6.09. The highest BCUT2D eigenvalue weighted by atomic mass is 16.5. The molecule has 3 rings (SSSR count). The van der Waals surface area contributed by atoms with Gasteiger partial charge in [0.2, 0.25) is 0 Å². The lowest BCUT2D eigenvalue weighted by Gasteiger charge is -2.18. The van der Waals surface area contributed by atoms with Crippen molar-refractivity contribution in [2.75, 3.05) is 5.32 Å². The number of ketones is 1. The molecule has 1 amide bonds.